The van der Waals surface area contributed by atoms with Crippen molar-refractivity contribution in [3.63, 3.8) is 0 Å². The molecule has 0 aromatic carbocycles. The molecule has 0 aliphatic carbocycles. The molecule has 0 saturated heterocycles. The van der Waals surface area contributed by atoms with Crippen molar-refractivity contribution in [2.45, 2.75) is 13.8 Å². The summed E-state index contributed by atoms with van der Waals surface area (Å²) < 4.78 is 1.55. The minimum atomic E-state index is 0.330. The van der Waals surface area contributed by atoms with Crippen LogP contribution in [0.15, 0.2) is 6.07 Å². The van der Waals surface area contributed by atoms with Gasteiger partial charge in [-0.1, -0.05) is 0 Å². The SMILES string of the molecule is Cc1cc(C)c2nnc(N)n2n1. The molecular weight excluding hydrogens is 154 g/mol. The lowest BCUT2D eigenvalue weighted by atomic mass is 10.3. The second kappa shape index (κ2) is 2.17. The normalized spacial score (nSPS) is 10.8. The smallest absolute Gasteiger partial charge is 0.243 e. The predicted molar refractivity (Wildman–Crippen MR) is 44.7 cm³/mol. The summed E-state index contributed by atoms with van der Waals surface area (Å²) in [6.45, 7) is 3.87. The fourth-order valence-electron chi connectivity index (χ4n) is 1.20. The first-order valence-electron chi connectivity index (χ1n) is 3.63. The number of nitrogens with zero attached hydrogens (tertiary/aromatic N) is 4. The molecule has 0 aliphatic rings. The third-order valence-corrected chi connectivity index (χ3v) is 1.70. The van der Waals surface area contributed by atoms with Crippen LogP contribution in [0.4, 0.5) is 5.95 Å². The molecule has 2 rings (SSSR count). The van der Waals surface area contributed by atoms with E-state index < -0.39 is 0 Å². The van der Waals surface area contributed by atoms with Crippen LogP contribution in [-0.2, 0) is 0 Å². The van der Waals surface area contributed by atoms with Crippen molar-refractivity contribution in [1.29, 1.82) is 0 Å². The minimum Gasteiger partial charge on any atom is -0.366 e. The average Bonchev–Trinajstić information content (AvgIpc) is 2.33. The van der Waals surface area contributed by atoms with Crippen LogP contribution in [0.2, 0.25) is 0 Å². The van der Waals surface area contributed by atoms with Gasteiger partial charge in [-0.3, -0.25) is 0 Å². The Morgan fingerprint density at radius 1 is 1.33 bits per heavy atom. The lowest BCUT2D eigenvalue weighted by Crippen LogP contribution is -2.00. The summed E-state index contributed by atoms with van der Waals surface area (Å²) in [5.41, 5.74) is 8.20. The van der Waals surface area contributed by atoms with E-state index in [2.05, 4.69) is 15.3 Å². The number of rotatable bonds is 0. The maximum Gasteiger partial charge on any atom is 0.243 e. The largest absolute Gasteiger partial charge is 0.366 e. The summed E-state index contributed by atoms with van der Waals surface area (Å²) in [7, 11) is 0. The maximum absolute atomic E-state index is 5.54. The standard InChI is InChI=1S/C7H9N5/c1-4-3-5(2)11-12-6(4)9-10-7(12)8/h3H,1-2H3,(H2,8,10). The van der Waals surface area contributed by atoms with E-state index in [9.17, 15) is 0 Å². The second-order valence-corrected chi connectivity index (χ2v) is 2.76. The number of aryl methyl sites for hydroxylation is 2. The number of hydrogen-bond acceptors (Lipinski definition) is 4. The molecule has 0 fully saturated rings. The fourth-order valence-corrected chi connectivity index (χ4v) is 1.20. The van der Waals surface area contributed by atoms with Crippen molar-refractivity contribution < 1.29 is 0 Å². The molecule has 0 saturated carbocycles. The van der Waals surface area contributed by atoms with Crippen molar-refractivity contribution in [3.8, 4) is 0 Å². The fraction of sp³-hybridized carbons (Fsp3) is 0.286. The van der Waals surface area contributed by atoms with E-state index in [0.717, 1.165) is 16.9 Å². The van der Waals surface area contributed by atoms with E-state index in [0.29, 0.717) is 5.95 Å². The minimum absolute atomic E-state index is 0.330. The van der Waals surface area contributed by atoms with Crippen molar-refractivity contribution in [2.75, 3.05) is 5.73 Å². The molecule has 2 N–H and O–H groups in total. The average molecular weight is 163 g/mol. The molecule has 62 valence electrons. The van der Waals surface area contributed by atoms with Gasteiger partial charge in [0.1, 0.15) is 0 Å². The van der Waals surface area contributed by atoms with Crippen LogP contribution in [0.25, 0.3) is 5.65 Å². The molecule has 2 aromatic heterocycles. The van der Waals surface area contributed by atoms with Crippen molar-refractivity contribution in [3.05, 3.63) is 17.3 Å². The van der Waals surface area contributed by atoms with Gasteiger partial charge in [0.05, 0.1) is 5.69 Å². The highest BCUT2D eigenvalue weighted by Gasteiger charge is 2.05. The maximum atomic E-state index is 5.54. The molecule has 0 spiro atoms. The first-order chi connectivity index (χ1) is 5.68. The zero-order chi connectivity index (χ0) is 8.72. The summed E-state index contributed by atoms with van der Waals surface area (Å²) in [5, 5.41) is 11.8. The lowest BCUT2D eigenvalue weighted by Gasteiger charge is -1.98. The first kappa shape index (κ1) is 7.02. The monoisotopic (exact) mass is 163 g/mol. The van der Waals surface area contributed by atoms with Gasteiger partial charge in [0, 0.05) is 0 Å². The zero-order valence-corrected chi connectivity index (χ0v) is 6.94. The van der Waals surface area contributed by atoms with Gasteiger partial charge in [0.25, 0.3) is 0 Å². The topological polar surface area (TPSA) is 69.1 Å². The van der Waals surface area contributed by atoms with E-state index in [1.165, 1.54) is 0 Å². The van der Waals surface area contributed by atoms with E-state index >= 15 is 0 Å². The number of anilines is 1. The van der Waals surface area contributed by atoms with Crippen molar-refractivity contribution in [2.24, 2.45) is 0 Å². The zero-order valence-electron chi connectivity index (χ0n) is 6.94. The van der Waals surface area contributed by atoms with Crippen molar-refractivity contribution >= 4 is 11.6 Å². The van der Waals surface area contributed by atoms with Gasteiger partial charge >= 0.3 is 0 Å². The summed E-state index contributed by atoms with van der Waals surface area (Å²) in [4.78, 5) is 0. The molecule has 0 amide bonds. The third-order valence-electron chi connectivity index (χ3n) is 1.70. The van der Waals surface area contributed by atoms with Crippen molar-refractivity contribution in [1.82, 2.24) is 19.8 Å². The summed E-state index contributed by atoms with van der Waals surface area (Å²) in [6.07, 6.45) is 0. The summed E-state index contributed by atoms with van der Waals surface area (Å²) in [5.74, 6) is 0.330. The van der Waals surface area contributed by atoms with Gasteiger partial charge in [-0.25, -0.2) is 0 Å². The molecule has 0 aliphatic heterocycles. The Morgan fingerprint density at radius 2 is 2.08 bits per heavy atom. The molecular formula is C7H9N5. The summed E-state index contributed by atoms with van der Waals surface area (Å²) >= 11 is 0. The highest BCUT2D eigenvalue weighted by molar-refractivity contribution is 5.48. The van der Waals surface area contributed by atoms with Crippen LogP contribution in [-0.4, -0.2) is 19.8 Å². The molecule has 5 heteroatoms. The van der Waals surface area contributed by atoms with E-state index in [4.69, 9.17) is 5.73 Å². The summed E-state index contributed by atoms with van der Waals surface area (Å²) in [6, 6.07) is 1.95. The van der Waals surface area contributed by atoms with E-state index in [1.54, 1.807) is 4.52 Å². The Kier molecular flexibility index (Phi) is 1.27. The first-order valence-corrected chi connectivity index (χ1v) is 3.63. The van der Waals surface area contributed by atoms with Crippen LogP contribution in [0, 0.1) is 13.8 Å². The van der Waals surface area contributed by atoms with Crippen LogP contribution in [0.1, 0.15) is 11.3 Å². The number of aromatic nitrogens is 4. The van der Waals surface area contributed by atoms with E-state index in [-0.39, 0.29) is 0 Å². The van der Waals surface area contributed by atoms with Gasteiger partial charge in [-0.2, -0.15) is 9.61 Å². The Hall–Kier alpha value is -1.65. The molecule has 0 unspecified atom stereocenters. The number of nitrogen functional groups attached to an aromatic ring is 1. The molecule has 2 aromatic rings. The Labute approximate surface area is 69.2 Å². The van der Waals surface area contributed by atoms with Crippen LogP contribution < -0.4 is 5.73 Å². The highest BCUT2D eigenvalue weighted by atomic mass is 15.4. The molecule has 12 heavy (non-hydrogen) atoms. The second-order valence-electron chi connectivity index (χ2n) is 2.76. The van der Waals surface area contributed by atoms with Gasteiger partial charge < -0.3 is 5.73 Å². The van der Waals surface area contributed by atoms with Crippen LogP contribution in [0.3, 0.4) is 0 Å². The number of fused-ring (bicyclic) bond motifs is 1. The Bertz CT molecular complexity index is 431. The predicted octanol–water partition coefficient (Wildman–Crippen LogP) is 0.323. The number of hydrogen-bond donors (Lipinski definition) is 1. The van der Waals surface area contributed by atoms with E-state index in [1.807, 2.05) is 19.9 Å². The lowest BCUT2D eigenvalue weighted by molar-refractivity contribution is 0.898. The van der Waals surface area contributed by atoms with Gasteiger partial charge in [-0.05, 0) is 25.5 Å². The molecule has 2 heterocycles. The quantitative estimate of drug-likeness (QED) is 0.607. The third kappa shape index (κ3) is 0.827. The van der Waals surface area contributed by atoms with Gasteiger partial charge in [0.15, 0.2) is 5.65 Å². The Balaban J connectivity index is 2.92. The molecule has 0 atom stereocenters. The van der Waals surface area contributed by atoms with Gasteiger partial charge in [0.2, 0.25) is 5.95 Å². The molecule has 0 bridgehead atoms. The molecule has 5 nitrogen and oxygen atoms in total. The highest BCUT2D eigenvalue weighted by Crippen LogP contribution is 2.09. The van der Waals surface area contributed by atoms with Gasteiger partial charge in [-0.15, -0.1) is 10.2 Å². The van der Waals surface area contributed by atoms with Crippen LogP contribution in [0.5, 0.6) is 0 Å². The number of nitrogens with two attached hydrogens (primary N) is 1. The molecule has 0 radical (unpaired) electrons. The van der Waals surface area contributed by atoms with Crippen LogP contribution >= 0.6 is 0 Å². The Morgan fingerprint density at radius 3 is 2.83 bits per heavy atom.